The highest BCUT2D eigenvalue weighted by Crippen LogP contribution is 2.28. The summed E-state index contributed by atoms with van der Waals surface area (Å²) < 4.78 is 7.46. The third kappa shape index (κ3) is 4.54. The molecule has 1 saturated heterocycles. The molecule has 11 nitrogen and oxygen atoms in total. The highest BCUT2D eigenvalue weighted by Gasteiger charge is 2.54. The first kappa shape index (κ1) is 22.0. The molecule has 1 fully saturated rings. The van der Waals surface area contributed by atoms with Crippen LogP contribution in [0.3, 0.4) is 0 Å². The van der Waals surface area contributed by atoms with Gasteiger partial charge in [-0.1, -0.05) is 21.1 Å². The lowest BCUT2D eigenvalue weighted by Crippen LogP contribution is -2.54. The Morgan fingerprint density at radius 2 is 2.09 bits per heavy atom. The molecular weight excluding hydrogens is 504 g/mol. The summed E-state index contributed by atoms with van der Waals surface area (Å²) in [6.07, 6.45) is -0.0754. The molecule has 13 heteroatoms. The summed E-state index contributed by atoms with van der Waals surface area (Å²) in [4.78, 5) is 40.5. The molecular formula is C19H17BrN6O5S. The number of ether oxygens (including phenoxy) is 1. The summed E-state index contributed by atoms with van der Waals surface area (Å²) in [5, 5.41) is 21.6. The molecule has 0 bridgehead atoms. The van der Waals surface area contributed by atoms with E-state index in [1.807, 2.05) is 24.3 Å². The predicted molar refractivity (Wildman–Crippen MR) is 116 cm³/mol. The van der Waals surface area contributed by atoms with Crippen molar-refractivity contribution in [2.45, 2.75) is 24.7 Å². The summed E-state index contributed by atoms with van der Waals surface area (Å²) in [5.74, 6) is -1.63. The van der Waals surface area contributed by atoms with E-state index in [9.17, 15) is 14.4 Å². The van der Waals surface area contributed by atoms with Crippen molar-refractivity contribution in [3.05, 3.63) is 51.5 Å². The number of hydrogen-bond donors (Lipinski definition) is 1. The fraction of sp³-hybridized carbons (Fsp3) is 0.263. The lowest BCUT2D eigenvalue weighted by molar-refractivity contribution is -0.140. The number of aromatic nitrogens is 4. The second kappa shape index (κ2) is 9.14. The Hall–Kier alpha value is -3.16. The number of aliphatic carboxylic acids is 1. The van der Waals surface area contributed by atoms with Crippen LogP contribution in [0.5, 0.6) is 0 Å². The number of epoxide rings is 1. The molecule has 166 valence electrons. The third-order valence-electron chi connectivity index (χ3n) is 4.80. The molecule has 2 aromatic heterocycles. The maximum atomic E-state index is 13.1. The van der Waals surface area contributed by atoms with Gasteiger partial charge in [0, 0.05) is 23.3 Å². The number of carboxylic acids is 1. The van der Waals surface area contributed by atoms with Crippen LogP contribution < -0.4 is 5.01 Å². The maximum absolute atomic E-state index is 13.1. The molecule has 32 heavy (non-hydrogen) atoms. The number of hydrazine groups is 1. The van der Waals surface area contributed by atoms with E-state index in [1.54, 1.807) is 24.1 Å². The average molecular weight is 521 g/mol. The first-order chi connectivity index (χ1) is 15.4. The fourth-order valence-electron chi connectivity index (χ4n) is 3.13. The van der Waals surface area contributed by atoms with Gasteiger partial charge in [-0.3, -0.25) is 9.80 Å². The lowest BCUT2D eigenvalue weighted by atomic mass is 10.1. The van der Waals surface area contributed by atoms with Crippen molar-refractivity contribution < 1.29 is 24.2 Å². The van der Waals surface area contributed by atoms with Crippen molar-refractivity contribution in [3.63, 3.8) is 0 Å². The normalized spacial score (nSPS) is 18.1. The van der Waals surface area contributed by atoms with Crippen LogP contribution in [0.2, 0.25) is 0 Å². The van der Waals surface area contributed by atoms with Gasteiger partial charge < -0.3 is 14.6 Å². The van der Waals surface area contributed by atoms with Crippen LogP contribution in [0.4, 0.5) is 5.82 Å². The van der Waals surface area contributed by atoms with Crippen LogP contribution in [-0.4, -0.2) is 73.6 Å². The summed E-state index contributed by atoms with van der Waals surface area (Å²) in [6.45, 7) is 0. The van der Waals surface area contributed by atoms with Crippen molar-refractivity contribution in [1.82, 2.24) is 25.0 Å². The molecule has 0 spiro atoms. The largest absolute Gasteiger partial charge is 0.479 e. The van der Waals surface area contributed by atoms with Gasteiger partial charge in [-0.2, -0.15) is 0 Å². The van der Waals surface area contributed by atoms with E-state index in [1.165, 1.54) is 21.0 Å². The van der Waals surface area contributed by atoms with E-state index in [-0.39, 0.29) is 12.2 Å². The highest BCUT2D eigenvalue weighted by molar-refractivity contribution is 9.10. The Morgan fingerprint density at radius 1 is 1.34 bits per heavy atom. The number of benzene rings is 1. The molecule has 1 aliphatic heterocycles. The van der Waals surface area contributed by atoms with Gasteiger partial charge in [0.1, 0.15) is 12.3 Å². The molecule has 1 N–H and O–H groups in total. The number of carbonyl (C=O) groups excluding carboxylic acids is 2. The average Bonchev–Trinajstić information content (AvgIpc) is 3.17. The number of thiazole rings is 1. The molecule has 0 unspecified atom stereocenters. The quantitative estimate of drug-likeness (QED) is 0.251. The van der Waals surface area contributed by atoms with Crippen LogP contribution in [0.25, 0.3) is 5.69 Å². The van der Waals surface area contributed by atoms with Crippen molar-refractivity contribution in [3.8, 4) is 5.69 Å². The first-order valence-corrected chi connectivity index (χ1v) is 11.1. The number of halogens is 1. The standard InChI is InChI=1S/C19H17BrN6O5S/c1-24(15-7-25(23-22-15)13-4-2-11(20)3-5-13)26(18(28)16-17(31-16)19(29)30)14(8-27)6-12-9-32-10-21-12/h2-5,7-10,14,16-17H,6H2,1H3,(H,29,30)/t14-,16-,17-/m0/s1. The summed E-state index contributed by atoms with van der Waals surface area (Å²) in [7, 11) is 1.55. The van der Waals surface area contributed by atoms with Gasteiger partial charge in [0.05, 0.1) is 23.1 Å². The van der Waals surface area contributed by atoms with Crippen LogP contribution in [0.15, 0.2) is 45.8 Å². The minimum Gasteiger partial charge on any atom is -0.479 e. The first-order valence-electron chi connectivity index (χ1n) is 9.34. The molecule has 3 atom stereocenters. The van der Waals surface area contributed by atoms with Crippen LogP contribution in [0.1, 0.15) is 5.69 Å². The van der Waals surface area contributed by atoms with Gasteiger partial charge in [0.2, 0.25) is 0 Å². The Labute approximate surface area is 194 Å². The van der Waals surface area contributed by atoms with E-state index < -0.39 is 30.1 Å². The Kier molecular flexibility index (Phi) is 6.30. The zero-order valence-corrected chi connectivity index (χ0v) is 19.0. The van der Waals surface area contributed by atoms with Gasteiger partial charge in [0.15, 0.2) is 18.0 Å². The molecule has 0 aliphatic carbocycles. The van der Waals surface area contributed by atoms with Crippen molar-refractivity contribution in [1.29, 1.82) is 0 Å². The van der Waals surface area contributed by atoms with Gasteiger partial charge in [-0.25, -0.2) is 19.5 Å². The highest BCUT2D eigenvalue weighted by atomic mass is 79.9. The Bertz CT molecular complexity index is 1120. The summed E-state index contributed by atoms with van der Waals surface area (Å²) in [5.41, 5.74) is 2.99. The van der Waals surface area contributed by atoms with Crippen LogP contribution in [-0.2, 0) is 25.5 Å². The van der Waals surface area contributed by atoms with Crippen molar-refractivity contribution >= 4 is 51.2 Å². The minimum atomic E-state index is -1.25. The lowest BCUT2D eigenvalue weighted by Gasteiger charge is -2.35. The predicted octanol–water partition coefficient (Wildman–Crippen LogP) is 1.33. The topological polar surface area (TPSA) is 134 Å². The number of anilines is 1. The van der Waals surface area contributed by atoms with Crippen molar-refractivity contribution in [2.24, 2.45) is 0 Å². The van der Waals surface area contributed by atoms with Gasteiger partial charge in [0.25, 0.3) is 5.91 Å². The third-order valence-corrected chi connectivity index (χ3v) is 5.97. The SMILES string of the molecule is CN(c1cn(-c2ccc(Br)cc2)nn1)N(C(=O)[C@H]1O[C@@H]1C(=O)O)[C@H](C=O)Cc1cscn1. The van der Waals surface area contributed by atoms with E-state index in [0.29, 0.717) is 12.0 Å². The van der Waals surface area contributed by atoms with Crippen LogP contribution >= 0.6 is 27.3 Å². The summed E-state index contributed by atoms with van der Waals surface area (Å²) >= 11 is 4.74. The van der Waals surface area contributed by atoms with Crippen LogP contribution in [0, 0.1) is 0 Å². The zero-order valence-electron chi connectivity index (χ0n) is 16.6. The number of nitrogens with zero attached hydrogens (tertiary/aromatic N) is 6. The fourth-order valence-corrected chi connectivity index (χ4v) is 3.97. The zero-order chi connectivity index (χ0) is 22.8. The number of amides is 1. The summed E-state index contributed by atoms with van der Waals surface area (Å²) in [6, 6.07) is 6.41. The van der Waals surface area contributed by atoms with Gasteiger partial charge in [-0.15, -0.1) is 16.4 Å². The van der Waals surface area contributed by atoms with E-state index >= 15 is 0 Å². The Morgan fingerprint density at radius 3 is 2.69 bits per heavy atom. The second-order valence-electron chi connectivity index (χ2n) is 6.91. The maximum Gasteiger partial charge on any atom is 0.336 e. The molecule has 3 aromatic rings. The molecule has 1 aromatic carbocycles. The number of hydrogen-bond acceptors (Lipinski definition) is 9. The molecule has 0 radical (unpaired) electrons. The second-order valence-corrected chi connectivity index (χ2v) is 8.54. The number of rotatable bonds is 9. The van der Waals surface area contributed by atoms with Gasteiger partial charge in [-0.05, 0) is 24.3 Å². The minimum absolute atomic E-state index is 0.147. The molecule has 1 aliphatic rings. The molecule has 0 saturated carbocycles. The monoisotopic (exact) mass is 520 g/mol. The smallest absolute Gasteiger partial charge is 0.336 e. The van der Waals surface area contributed by atoms with E-state index in [0.717, 1.165) is 15.2 Å². The van der Waals surface area contributed by atoms with E-state index in [2.05, 4.69) is 31.2 Å². The number of carboxylic acid groups (broad SMARTS) is 1. The number of aldehydes is 1. The number of carbonyl (C=O) groups is 3. The molecule has 1 amide bonds. The Balaban J connectivity index is 1.62. The van der Waals surface area contributed by atoms with Gasteiger partial charge >= 0.3 is 5.97 Å². The van der Waals surface area contributed by atoms with E-state index in [4.69, 9.17) is 9.84 Å². The molecule has 3 heterocycles. The molecule has 4 rings (SSSR count). The van der Waals surface area contributed by atoms with Crippen molar-refractivity contribution in [2.75, 3.05) is 12.1 Å².